The molecule has 5 nitrogen and oxygen atoms in total. The minimum Gasteiger partial charge on any atom is -0.497 e. The molecule has 25 heavy (non-hydrogen) atoms. The van der Waals surface area contributed by atoms with Crippen LogP contribution in [0.5, 0.6) is 5.75 Å². The second-order valence-corrected chi connectivity index (χ2v) is 6.07. The van der Waals surface area contributed by atoms with Gasteiger partial charge in [0.2, 0.25) is 5.90 Å². The molecule has 1 heterocycles. The molecule has 0 saturated carbocycles. The molecule has 2 aromatic carbocycles. The summed E-state index contributed by atoms with van der Waals surface area (Å²) >= 11 is 6.21. The maximum absolute atomic E-state index is 12.1. The number of carbonyl (C=O) groups is 1. The van der Waals surface area contributed by atoms with Crippen molar-refractivity contribution in [2.75, 3.05) is 26.1 Å². The molecule has 0 atom stereocenters. The number of hydrogen-bond acceptors (Lipinski definition) is 5. The average Bonchev–Trinajstić information content (AvgIpc) is 2.95. The van der Waals surface area contributed by atoms with Gasteiger partial charge in [-0.2, -0.15) is 0 Å². The molecular formula is C19H17ClN2O3. The Kier molecular flexibility index (Phi) is 4.76. The van der Waals surface area contributed by atoms with E-state index in [1.54, 1.807) is 31.4 Å². The Bertz CT molecular complexity index is 871. The number of ether oxygens (including phenoxy) is 2. The fourth-order valence-corrected chi connectivity index (χ4v) is 2.60. The van der Waals surface area contributed by atoms with Crippen molar-refractivity contribution in [2.24, 2.45) is 4.99 Å². The largest absolute Gasteiger partial charge is 0.497 e. The summed E-state index contributed by atoms with van der Waals surface area (Å²) in [5.41, 5.74) is 2.72. The third-order valence-electron chi connectivity index (χ3n) is 3.74. The first kappa shape index (κ1) is 17.0. The van der Waals surface area contributed by atoms with Crippen molar-refractivity contribution < 1.29 is 14.3 Å². The van der Waals surface area contributed by atoms with Gasteiger partial charge in [-0.15, -0.1) is 0 Å². The summed E-state index contributed by atoms with van der Waals surface area (Å²) < 4.78 is 10.4. The molecule has 1 aliphatic rings. The molecule has 0 spiro atoms. The summed E-state index contributed by atoms with van der Waals surface area (Å²) in [5.74, 6) is 0.308. The summed E-state index contributed by atoms with van der Waals surface area (Å²) in [6, 6.07) is 12.9. The maximum atomic E-state index is 12.1. The van der Waals surface area contributed by atoms with Crippen LogP contribution < -0.4 is 9.64 Å². The van der Waals surface area contributed by atoms with Crippen LogP contribution in [-0.4, -0.2) is 33.1 Å². The highest BCUT2D eigenvalue weighted by molar-refractivity contribution is 6.34. The van der Waals surface area contributed by atoms with Crippen molar-refractivity contribution in [2.45, 2.75) is 0 Å². The van der Waals surface area contributed by atoms with Gasteiger partial charge in [0.15, 0.2) is 5.70 Å². The molecule has 6 heteroatoms. The Morgan fingerprint density at radius 2 is 1.88 bits per heavy atom. The van der Waals surface area contributed by atoms with Crippen LogP contribution in [0.25, 0.3) is 6.08 Å². The minimum absolute atomic E-state index is 0.189. The van der Waals surface area contributed by atoms with Crippen LogP contribution in [0.15, 0.2) is 53.2 Å². The van der Waals surface area contributed by atoms with E-state index in [4.69, 9.17) is 21.1 Å². The van der Waals surface area contributed by atoms with Gasteiger partial charge in [0.05, 0.1) is 17.7 Å². The number of esters is 1. The Labute approximate surface area is 151 Å². The molecule has 0 bridgehead atoms. The second kappa shape index (κ2) is 6.99. The first-order valence-electron chi connectivity index (χ1n) is 7.62. The number of carbonyl (C=O) groups excluding carboxylic acids is 1. The quantitative estimate of drug-likeness (QED) is 0.618. The third kappa shape index (κ3) is 3.67. The van der Waals surface area contributed by atoms with Crippen molar-refractivity contribution in [1.82, 2.24) is 0 Å². The van der Waals surface area contributed by atoms with E-state index in [0.29, 0.717) is 16.3 Å². The minimum atomic E-state index is -0.501. The van der Waals surface area contributed by atoms with E-state index in [1.807, 2.05) is 43.3 Å². The van der Waals surface area contributed by atoms with Gasteiger partial charge in [-0.3, -0.25) is 0 Å². The van der Waals surface area contributed by atoms with Gasteiger partial charge in [0.25, 0.3) is 0 Å². The molecule has 2 aromatic rings. The lowest BCUT2D eigenvalue weighted by Crippen LogP contribution is -2.08. The second-order valence-electron chi connectivity index (χ2n) is 5.67. The van der Waals surface area contributed by atoms with Crippen molar-refractivity contribution in [3.63, 3.8) is 0 Å². The summed E-state index contributed by atoms with van der Waals surface area (Å²) in [6.07, 6.45) is 1.69. The number of benzene rings is 2. The van der Waals surface area contributed by atoms with E-state index in [2.05, 4.69) is 4.99 Å². The fourth-order valence-electron chi connectivity index (χ4n) is 2.35. The molecular weight excluding hydrogens is 340 g/mol. The van der Waals surface area contributed by atoms with Crippen LogP contribution in [0.3, 0.4) is 0 Å². The van der Waals surface area contributed by atoms with Crippen molar-refractivity contribution >= 4 is 35.2 Å². The van der Waals surface area contributed by atoms with Crippen molar-refractivity contribution in [3.05, 3.63) is 64.3 Å². The molecule has 3 rings (SSSR count). The number of hydrogen-bond donors (Lipinski definition) is 0. The van der Waals surface area contributed by atoms with Gasteiger partial charge < -0.3 is 14.4 Å². The molecule has 0 saturated heterocycles. The normalized spacial score (nSPS) is 15.1. The topological polar surface area (TPSA) is 51.1 Å². The zero-order chi connectivity index (χ0) is 18.0. The Morgan fingerprint density at radius 3 is 2.48 bits per heavy atom. The average molecular weight is 357 g/mol. The number of nitrogens with zero attached hydrogens (tertiary/aromatic N) is 2. The lowest BCUT2D eigenvalue weighted by molar-refractivity contribution is -0.129. The number of aliphatic imine (C=N–C) groups is 1. The van der Waals surface area contributed by atoms with Crippen molar-refractivity contribution in [1.29, 1.82) is 0 Å². The van der Waals surface area contributed by atoms with Crippen molar-refractivity contribution in [3.8, 4) is 5.75 Å². The molecule has 0 aliphatic carbocycles. The van der Waals surface area contributed by atoms with Crippen LogP contribution in [0, 0.1) is 0 Å². The third-order valence-corrected chi connectivity index (χ3v) is 4.05. The Balaban J connectivity index is 1.89. The number of methoxy groups -OCH3 is 1. The van der Waals surface area contributed by atoms with E-state index in [0.717, 1.165) is 11.3 Å². The Morgan fingerprint density at radius 1 is 1.16 bits per heavy atom. The summed E-state index contributed by atoms with van der Waals surface area (Å²) in [7, 11) is 5.49. The fraction of sp³-hybridized carbons (Fsp3) is 0.158. The number of anilines is 1. The monoisotopic (exact) mass is 356 g/mol. The van der Waals surface area contributed by atoms with E-state index >= 15 is 0 Å². The van der Waals surface area contributed by atoms with Crippen LogP contribution >= 0.6 is 11.6 Å². The highest BCUT2D eigenvalue weighted by Crippen LogP contribution is 2.27. The van der Waals surface area contributed by atoms with Gasteiger partial charge >= 0.3 is 5.97 Å². The highest BCUT2D eigenvalue weighted by Gasteiger charge is 2.25. The highest BCUT2D eigenvalue weighted by atomic mass is 35.5. The molecule has 0 unspecified atom stereocenters. The van der Waals surface area contributed by atoms with E-state index in [-0.39, 0.29) is 11.6 Å². The summed E-state index contributed by atoms with van der Waals surface area (Å²) in [5, 5.41) is 0.405. The Hall–Kier alpha value is -2.79. The smallest absolute Gasteiger partial charge is 0.363 e. The van der Waals surface area contributed by atoms with Gasteiger partial charge in [0.1, 0.15) is 5.75 Å². The predicted octanol–water partition coefficient (Wildman–Crippen LogP) is 3.76. The van der Waals surface area contributed by atoms with E-state index in [1.165, 1.54) is 0 Å². The molecule has 0 amide bonds. The summed E-state index contributed by atoms with van der Waals surface area (Å²) in [4.78, 5) is 18.4. The van der Waals surface area contributed by atoms with E-state index < -0.39 is 5.97 Å². The van der Waals surface area contributed by atoms with Crippen LogP contribution in [-0.2, 0) is 9.53 Å². The van der Waals surface area contributed by atoms with Gasteiger partial charge in [0, 0.05) is 19.8 Å². The molecule has 0 aromatic heterocycles. The standard InChI is InChI=1S/C19H17ClN2O3/c1-22(2)13-6-4-12(5-7-13)10-17-19(23)25-18(21-17)15-9-8-14(24-3)11-16(15)20/h4-11H,1-3H3. The lowest BCUT2D eigenvalue weighted by Gasteiger charge is -2.11. The number of rotatable bonds is 4. The van der Waals surface area contributed by atoms with Crippen LogP contribution in [0.4, 0.5) is 5.69 Å². The van der Waals surface area contributed by atoms with Gasteiger partial charge in [-0.05, 0) is 42.0 Å². The first-order valence-corrected chi connectivity index (χ1v) is 7.99. The van der Waals surface area contributed by atoms with Crippen LogP contribution in [0.1, 0.15) is 11.1 Å². The zero-order valence-electron chi connectivity index (χ0n) is 14.1. The van der Waals surface area contributed by atoms with Gasteiger partial charge in [-0.25, -0.2) is 9.79 Å². The number of halogens is 1. The molecule has 0 fully saturated rings. The van der Waals surface area contributed by atoms with Crippen LogP contribution in [0.2, 0.25) is 5.02 Å². The lowest BCUT2D eigenvalue weighted by atomic mass is 10.1. The molecule has 1 aliphatic heterocycles. The predicted molar refractivity (Wildman–Crippen MR) is 99.4 cm³/mol. The SMILES string of the molecule is COc1ccc(C2=NC(=Cc3ccc(N(C)C)cc3)C(=O)O2)c(Cl)c1. The molecule has 128 valence electrons. The molecule has 0 N–H and O–H groups in total. The van der Waals surface area contributed by atoms with Gasteiger partial charge in [-0.1, -0.05) is 23.7 Å². The molecule has 0 radical (unpaired) electrons. The number of cyclic esters (lactones) is 1. The van der Waals surface area contributed by atoms with E-state index in [9.17, 15) is 4.79 Å². The summed E-state index contributed by atoms with van der Waals surface area (Å²) in [6.45, 7) is 0. The zero-order valence-corrected chi connectivity index (χ0v) is 14.9. The maximum Gasteiger partial charge on any atom is 0.363 e. The first-order chi connectivity index (χ1) is 12.0.